The first-order valence-corrected chi connectivity index (χ1v) is 27.2. The third-order valence-electron chi connectivity index (χ3n) is 14.9. The highest BCUT2D eigenvalue weighted by molar-refractivity contribution is 8.00. The van der Waals surface area contributed by atoms with E-state index in [4.69, 9.17) is 9.47 Å². The first-order valence-electron chi connectivity index (χ1n) is 26.2. The number of carbonyl (C=O) groups excluding carboxylic acids is 7. The molecular formula is C54H86FN5O11S. The van der Waals surface area contributed by atoms with Crippen LogP contribution in [0.5, 0.6) is 0 Å². The molecule has 10 atom stereocenters. The summed E-state index contributed by atoms with van der Waals surface area (Å²) in [5.41, 5.74) is 0.147. The average molecular weight is 1030 g/mol. The Labute approximate surface area is 432 Å². The number of benzene rings is 1. The van der Waals surface area contributed by atoms with Crippen LogP contribution in [0.3, 0.4) is 0 Å². The van der Waals surface area contributed by atoms with E-state index in [-0.39, 0.29) is 96.0 Å². The lowest BCUT2D eigenvalue weighted by atomic mass is 9.83. The fraction of sp³-hybridized carbons (Fsp3) is 0.741. The van der Waals surface area contributed by atoms with Gasteiger partial charge in [0.25, 0.3) is 0 Å². The summed E-state index contributed by atoms with van der Waals surface area (Å²) in [6.45, 7) is 15.9. The van der Waals surface area contributed by atoms with Crippen LogP contribution in [0.15, 0.2) is 24.3 Å². The molecular weight excluding hydrogens is 946 g/mol. The predicted molar refractivity (Wildman–Crippen MR) is 276 cm³/mol. The summed E-state index contributed by atoms with van der Waals surface area (Å²) in [5.74, 6) is -5.14. The number of amides is 6. The second kappa shape index (κ2) is 30.1. The number of ketones is 1. The average Bonchev–Trinajstić information content (AvgIpc) is 3.93. The number of carboxylic acids is 1. The molecule has 2 saturated heterocycles. The molecule has 1 aromatic carbocycles. The van der Waals surface area contributed by atoms with Gasteiger partial charge in [0.1, 0.15) is 11.9 Å². The number of Topliss-reactive ketones (excluding diaryl/α,β-unsaturated/α-hetero) is 1. The maximum atomic E-state index is 14.7. The molecule has 6 amide bonds. The number of halogens is 1. The summed E-state index contributed by atoms with van der Waals surface area (Å²) >= 11 is 1.55. The van der Waals surface area contributed by atoms with Gasteiger partial charge < -0.3 is 34.6 Å². The van der Waals surface area contributed by atoms with Crippen molar-refractivity contribution in [3.63, 3.8) is 0 Å². The van der Waals surface area contributed by atoms with Crippen LogP contribution in [0.2, 0.25) is 0 Å². The van der Waals surface area contributed by atoms with Gasteiger partial charge in [-0.3, -0.25) is 38.5 Å². The normalized spacial score (nSPS) is 19.4. The number of nitrogens with zero attached hydrogens (tertiary/aromatic N) is 4. The van der Waals surface area contributed by atoms with Gasteiger partial charge in [-0.25, -0.2) is 9.18 Å². The van der Waals surface area contributed by atoms with Crippen molar-refractivity contribution < 1.29 is 57.3 Å². The lowest BCUT2D eigenvalue weighted by Crippen LogP contribution is -2.55. The van der Waals surface area contributed by atoms with Crippen molar-refractivity contribution in [1.82, 2.24) is 24.9 Å². The molecule has 3 rings (SSSR count). The van der Waals surface area contributed by atoms with E-state index in [0.717, 1.165) is 18.6 Å². The molecule has 2 heterocycles. The van der Waals surface area contributed by atoms with Crippen molar-refractivity contribution in [2.24, 2.45) is 29.6 Å². The highest BCUT2D eigenvalue weighted by atomic mass is 32.2. The van der Waals surface area contributed by atoms with E-state index in [9.17, 15) is 47.9 Å². The molecule has 2 aliphatic rings. The van der Waals surface area contributed by atoms with E-state index in [1.54, 1.807) is 48.6 Å². The first-order chi connectivity index (χ1) is 34.1. The minimum atomic E-state index is -1.40. The number of likely N-dealkylation sites (N-methyl/N-ethyl adjacent to an activating group) is 2. The standard InChI is InChI=1S/C54H86FN5O11S/c1-13-15-28-72-44-32-47(64)60(53(44)67)26-20-16-17-25-45(62)57(9)48(34(5)6)42(61)30-38(33(3)4)52(66)58(10)49(35(7)14-2)43(70-11)31-46(63)59-27-21-24-41(59)50(71-12)36(8)51(65)56-40(54(68)69)29-37-22-18-19-23-39(37)55/h18-19,22-23,33-36,38,40-41,43-44,48-50H,13-17,20-21,24-32H2,1-12H3,(H,56,65)(H,68,69)/t35-,36+,38-,40-,41-,43+,44?,48-,49-,50+/m0/s1. The van der Waals surface area contributed by atoms with Gasteiger partial charge in [0.15, 0.2) is 5.78 Å². The fourth-order valence-electron chi connectivity index (χ4n) is 10.4. The maximum Gasteiger partial charge on any atom is 0.326 e. The summed E-state index contributed by atoms with van der Waals surface area (Å²) in [6, 6.07) is 2.50. The highest BCUT2D eigenvalue weighted by Crippen LogP contribution is 2.32. The minimum absolute atomic E-state index is 0.0960. The second-order valence-electron chi connectivity index (χ2n) is 20.6. The maximum absolute atomic E-state index is 14.7. The summed E-state index contributed by atoms with van der Waals surface area (Å²) in [6.07, 6.45) is 3.99. The number of rotatable bonds is 32. The monoisotopic (exact) mass is 1030 g/mol. The molecule has 2 N–H and O–H groups in total. The largest absolute Gasteiger partial charge is 0.480 e. The van der Waals surface area contributed by atoms with Gasteiger partial charge in [-0.2, -0.15) is 0 Å². The van der Waals surface area contributed by atoms with Crippen molar-refractivity contribution >= 4 is 59.0 Å². The van der Waals surface area contributed by atoms with Gasteiger partial charge in [-0.05, 0) is 67.2 Å². The fourth-order valence-corrected chi connectivity index (χ4v) is 11.6. The van der Waals surface area contributed by atoms with Crippen LogP contribution in [0.4, 0.5) is 4.39 Å². The van der Waals surface area contributed by atoms with Gasteiger partial charge in [0.05, 0.1) is 47.9 Å². The number of thioether (sulfide) groups is 1. The molecule has 0 radical (unpaired) electrons. The molecule has 406 valence electrons. The van der Waals surface area contributed by atoms with E-state index in [1.807, 2.05) is 41.5 Å². The van der Waals surface area contributed by atoms with Crippen LogP contribution >= 0.6 is 11.8 Å². The van der Waals surface area contributed by atoms with Crippen LogP contribution in [0, 0.1) is 35.4 Å². The Bertz CT molecular complexity index is 1990. The first kappa shape index (κ1) is 61.9. The molecule has 0 spiro atoms. The van der Waals surface area contributed by atoms with Gasteiger partial charge in [0, 0.05) is 73.0 Å². The number of hydrogen-bond acceptors (Lipinski definition) is 11. The highest BCUT2D eigenvalue weighted by Gasteiger charge is 2.44. The summed E-state index contributed by atoms with van der Waals surface area (Å²) in [5, 5.41) is 12.2. The van der Waals surface area contributed by atoms with Gasteiger partial charge in [0.2, 0.25) is 35.4 Å². The number of hydrogen-bond donors (Lipinski definition) is 2. The van der Waals surface area contributed by atoms with Crippen LogP contribution in [-0.2, 0) is 54.3 Å². The molecule has 0 bridgehead atoms. The Morgan fingerprint density at radius 2 is 1.58 bits per heavy atom. The van der Waals surface area contributed by atoms with Crippen molar-refractivity contribution in [2.75, 3.05) is 47.2 Å². The molecule has 0 saturated carbocycles. The van der Waals surface area contributed by atoms with Crippen molar-refractivity contribution in [1.29, 1.82) is 0 Å². The van der Waals surface area contributed by atoms with E-state index in [0.29, 0.717) is 51.6 Å². The Kier molecular flexibility index (Phi) is 25.8. The molecule has 0 aliphatic carbocycles. The number of aliphatic carboxylic acids is 1. The van der Waals surface area contributed by atoms with E-state index in [1.165, 1.54) is 42.2 Å². The minimum Gasteiger partial charge on any atom is -0.480 e. The second-order valence-corrected chi connectivity index (χ2v) is 21.9. The zero-order valence-corrected chi connectivity index (χ0v) is 46.0. The molecule has 1 aromatic rings. The van der Waals surface area contributed by atoms with Crippen molar-refractivity contribution in [2.45, 2.75) is 180 Å². The van der Waals surface area contributed by atoms with Crippen molar-refractivity contribution in [3.05, 3.63) is 35.6 Å². The predicted octanol–water partition coefficient (Wildman–Crippen LogP) is 6.79. The van der Waals surface area contributed by atoms with E-state index < -0.39 is 65.9 Å². The lowest BCUT2D eigenvalue weighted by molar-refractivity contribution is -0.150. The number of methoxy groups -OCH3 is 2. The smallest absolute Gasteiger partial charge is 0.326 e. The Morgan fingerprint density at radius 3 is 2.17 bits per heavy atom. The number of ether oxygens (including phenoxy) is 2. The summed E-state index contributed by atoms with van der Waals surface area (Å²) < 4.78 is 26.3. The molecule has 1 unspecified atom stereocenters. The molecule has 2 aliphatic heterocycles. The molecule has 16 nitrogen and oxygen atoms in total. The van der Waals surface area contributed by atoms with Crippen LogP contribution in [0.1, 0.15) is 138 Å². The Morgan fingerprint density at radius 1 is 0.903 bits per heavy atom. The number of carboxylic acid groups (broad SMARTS) is 1. The molecule has 2 fully saturated rings. The van der Waals surface area contributed by atoms with Gasteiger partial charge in [-0.15, -0.1) is 11.8 Å². The Hall–Kier alpha value is -4.42. The number of unbranched alkanes of at least 4 members (excludes halogenated alkanes) is 3. The topological polar surface area (TPSA) is 200 Å². The molecule has 18 heteroatoms. The number of nitrogens with one attached hydrogen (secondary N) is 1. The zero-order valence-electron chi connectivity index (χ0n) is 45.2. The SMILES string of the molecule is CCCCSC1CC(=O)N(CCCCCC(=O)N(C)[C@H](C(=O)C[C@H](C(=O)N(C)[C@@H]([C@@H](C)CC)[C@@H](CC(=O)N2CCC[C@H]2[C@H](OC)[C@@H](C)C(=O)N[C@@H](Cc2ccccc2F)C(=O)O)OC)C(C)C)C(C)C)C1=O. The van der Waals surface area contributed by atoms with Crippen LogP contribution in [-0.4, -0.2) is 161 Å². The van der Waals surface area contributed by atoms with Crippen LogP contribution in [0.25, 0.3) is 0 Å². The lowest BCUT2D eigenvalue weighted by Gasteiger charge is -2.41. The third kappa shape index (κ3) is 16.8. The number of carbonyl (C=O) groups is 8. The van der Waals surface area contributed by atoms with E-state index in [2.05, 4.69) is 12.2 Å². The molecule has 0 aromatic heterocycles. The summed E-state index contributed by atoms with van der Waals surface area (Å²) in [7, 11) is 6.25. The van der Waals surface area contributed by atoms with Gasteiger partial charge >= 0.3 is 5.97 Å². The van der Waals surface area contributed by atoms with E-state index >= 15 is 0 Å². The number of likely N-dealkylation sites (tertiary alicyclic amines) is 2. The summed E-state index contributed by atoms with van der Waals surface area (Å²) in [4.78, 5) is 114. The van der Waals surface area contributed by atoms with Crippen LogP contribution < -0.4 is 5.32 Å². The quantitative estimate of drug-likeness (QED) is 0.0567. The van der Waals surface area contributed by atoms with Crippen molar-refractivity contribution in [3.8, 4) is 0 Å². The number of imide groups is 1. The molecule has 72 heavy (non-hydrogen) atoms. The van der Waals surface area contributed by atoms with Gasteiger partial charge in [-0.1, -0.05) is 92.9 Å². The zero-order chi connectivity index (χ0) is 54.0. The Balaban J connectivity index is 1.68. The third-order valence-corrected chi connectivity index (χ3v) is 16.2.